The molecular weight excluding hydrogens is 304 g/mol. The van der Waals surface area contributed by atoms with Crippen LogP contribution in [0.4, 0.5) is 5.82 Å². The molecule has 4 heterocycles. The third-order valence-corrected chi connectivity index (χ3v) is 6.02. The highest BCUT2D eigenvalue weighted by molar-refractivity contribution is 5.47. The van der Waals surface area contributed by atoms with E-state index >= 15 is 0 Å². The van der Waals surface area contributed by atoms with Gasteiger partial charge in [-0.2, -0.15) is 4.52 Å². The Hall–Kier alpha value is -1.73. The van der Waals surface area contributed by atoms with Gasteiger partial charge < -0.3 is 10.0 Å². The van der Waals surface area contributed by atoms with Gasteiger partial charge in [0.15, 0.2) is 11.5 Å². The second-order valence-electron chi connectivity index (χ2n) is 7.38. The number of aliphatic hydroxyl groups is 1. The topological polar surface area (TPSA) is 69.8 Å². The van der Waals surface area contributed by atoms with Crippen molar-refractivity contribution in [2.24, 2.45) is 0 Å². The van der Waals surface area contributed by atoms with Gasteiger partial charge in [0.2, 0.25) is 0 Å². The van der Waals surface area contributed by atoms with Crippen LogP contribution in [0.2, 0.25) is 0 Å². The number of fused-ring (bicyclic) bond motifs is 1. The molecule has 2 aromatic rings. The lowest BCUT2D eigenvalue weighted by Crippen LogP contribution is -2.52. The fraction of sp³-hybridized carbons (Fsp3) is 0.706. The van der Waals surface area contributed by atoms with Gasteiger partial charge in [-0.15, -0.1) is 15.3 Å². The van der Waals surface area contributed by atoms with Crippen LogP contribution in [0.3, 0.4) is 0 Å². The Morgan fingerprint density at radius 3 is 2.42 bits per heavy atom. The molecule has 5 rings (SSSR count). The van der Waals surface area contributed by atoms with E-state index in [-0.39, 0.29) is 6.10 Å². The third-order valence-electron chi connectivity index (χ3n) is 6.02. The van der Waals surface area contributed by atoms with Crippen LogP contribution in [0.15, 0.2) is 12.1 Å². The van der Waals surface area contributed by atoms with Gasteiger partial charge in [0.05, 0.1) is 6.10 Å². The Labute approximate surface area is 141 Å². The summed E-state index contributed by atoms with van der Waals surface area (Å²) in [5.41, 5.74) is 0.839. The Balaban J connectivity index is 1.35. The number of aliphatic hydroxyl groups excluding tert-OH is 1. The smallest absolute Gasteiger partial charge is 0.178 e. The fourth-order valence-corrected chi connectivity index (χ4v) is 4.14. The molecule has 0 aromatic carbocycles. The van der Waals surface area contributed by atoms with Crippen LogP contribution >= 0.6 is 0 Å². The van der Waals surface area contributed by atoms with Crippen LogP contribution < -0.4 is 4.90 Å². The predicted molar refractivity (Wildman–Crippen MR) is 90.2 cm³/mol. The van der Waals surface area contributed by atoms with Crippen molar-refractivity contribution in [1.82, 2.24) is 24.7 Å². The van der Waals surface area contributed by atoms with Crippen LogP contribution in [0.5, 0.6) is 0 Å². The molecule has 3 fully saturated rings. The summed E-state index contributed by atoms with van der Waals surface area (Å²) >= 11 is 0. The van der Waals surface area contributed by atoms with Crippen LogP contribution in [0, 0.1) is 0 Å². The molecule has 7 heteroatoms. The summed E-state index contributed by atoms with van der Waals surface area (Å²) in [4.78, 5) is 4.75. The summed E-state index contributed by atoms with van der Waals surface area (Å²) in [6.45, 7) is 4.26. The number of likely N-dealkylation sites (tertiary alicyclic amines) is 1. The first-order chi connectivity index (χ1) is 11.8. The minimum absolute atomic E-state index is 0.115. The Morgan fingerprint density at radius 1 is 0.958 bits per heavy atom. The molecule has 1 N–H and O–H groups in total. The molecule has 24 heavy (non-hydrogen) atoms. The number of anilines is 1. The van der Waals surface area contributed by atoms with Crippen LogP contribution in [0.25, 0.3) is 5.65 Å². The minimum atomic E-state index is -0.115. The third kappa shape index (κ3) is 2.29. The van der Waals surface area contributed by atoms with Crippen molar-refractivity contribution < 1.29 is 5.11 Å². The van der Waals surface area contributed by atoms with Crippen LogP contribution in [-0.4, -0.2) is 68.1 Å². The van der Waals surface area contributed by atoms with E-state index < -0.39 is 0 Å². The fourth-order valence-electron chi connectivity index (χ4n) is 4.14. The molecule has 0 bridgehead atoms. The molecule has 1 saturated carbocycles. The van der Waals surface area contributed by atoms with E-state index in [0.717, 1.165) is 69.2 Å². The van der Waals surface area contributed by atoms with Gasteiger partial charge in [-0.3, -0.25) is 4.90 Å². The van der Waals surface area contributed by atoms with Crippen molar-refractivity contribution in [3.63, 3.8) is 0 Å². The molecule has 0 amide bonds. The van der Waals surface area contributed by atoms with Crippen molar-refractivity contribution >= 4 is 11.5 Å². The summed E-state index contributed by atoms with van der Waals surface area (Å²) in [6.07, 6.45) is 5.37. The van der Waals surface area contributed by atoms with Crippen molar-refractivity contribution in [3.05, 3.63) is 18.0 Å². The van der Waals surface area contributed by atoms with Gasteiger partial charge in [-0.05, 0) is 57.3 Å². The predicted octanol–water partition coefficient (Wildman–Crippen LogP) is 1.04. The molecule has 2 aliphatic heterocycles. The minimum Gasteiger partial charge on any atom is -0.391 e. The zero-order valence-electron chi connectivity index (χ0n) is 13.9. The maximum absolute atomic E-state index is 9.88. The lowest BCUT2D eigenvalue weighted by atomic mass is 9.85. The summed E-state index contributed by atoms with van der Waals surface area (Å²) in [6, 6.07) is 4.46. The molecule has 2 saturated heterocycles. The Morgan fingerprint density at radius 2 is 1.79 bits per heavy atom. The number of hydrogen-bond acceptors (Lipinski definition) is 6. The van der Waals surface area contributed by atoms with Crippen molar-refractivity contribution in [2.75, 3.05) is 31.1 Å². The number of hydrogen-bond donors (Lipinski definition) is 1. The summed E-state index contributed by atoms with van der Waals surface area (Å²) in [5, 5.41) is 23.4. The van der Waals surface area contributed by atoms with Gasteiger partial charge in [-0.1, -0.05) is 0 Å². The standard InChI is InChI=1S/C17H24N6O/c24-14-3-2-13(14)21-10-6-12(7-11-21)17-19-18-15-4-5-16(20-23(15)17)22-8-1-9-22/h4-5,12-14,24H,1-3,6-11H2. The van der Waals surface area contributed by atoms with Gasteiger partial charge in [0.1, 0.15) is 5.82 Å². The highest BCUT2D eigenvalue weighted by atomic mass is 16.3. The first kappa shape index (κ1) is 14.6. The average molecular weight is 328 g/mol. The number of aromatic nitrogens is 4. The lowest BCUT2D eigenvalue weighted by Gasteiger charge is -2.44. The van der Waals surface area contributed by atoms with E-state index in [4.69, 9.17) is 5.10 Å². The van der Waals surface area contributed by atoms with Crippen LogP contribution in [-0.2, 0) is 0 Å². The highest BCUT2D eigenvalue weighted by Gasteiger charge is 2.36. The van der Waals surface area contributed by atoms with Gasteiger partial charge in [0.25, 0.3) is 0 Å². The molecule has 2 unspecified atom stereocenters. The summed E-state index contributed by atoms with van der Waals surface area (Å²) < 4.78 is 1.95. The summed E-state index contributed by atoms with van der Waals surface area (Å²) in [7, 11) is 0. The van der Waals surface area contributed by atoms with Crippen LogP contribution in [0.1, 0.15) is 43.8 Å². The summed E-state index contributed by atoms with van der Waals surface area (Å²) in [5.74, 6) is 2.44. The molecule has 0 radical (unpaired) electrons. The molecule has 2 aromatic heterocycles. The van der Waals surface area contributed by atoms with E-state index in [9.17, 15) is 5.11 Å². The van der Waals surface area contributed by atoms with E-state index in [1.54, 1.807) is 0 Å². The maximum Gasteiger partial charge on any atom is 0.178 e. The van der Waals surface area contributed by atoms with Gasteiger partial charge in [-0.25, -0.2) is 0 Å². The Bertz CT molecular complexity index is 734. The number of rotatable bonds is 3. The second-order valence-corrected chi connectivity index (χ2v) is 7.38. The molecule has 7 nitrogen and oxygen atoms in total. The van der Waals surface area contributed by atoms with Crippen molar-refractivity contribution in [2.45, 2.75) is 50.2 Å². The van der Waals surface area contributed by atoms with E-state index in [1.165, 1.54) is 6.42 Å². The maximum atomic E-state index is 9.88. The molecule has 3 aliphatic rings. The first-order valence-corrected chi connectivity index (χ1v) is 9.19. The largest absolute Gasteiger partial charge is 0.391 e. The SMILES string of the molecule is OC1CCC1N1CCC(c2nnc3ccc(N4CCC4)nn23)CC1. The molecule has 0 spiro atoms. The monoisotopic (exact) mass is 328 g/mol. The normalized spacial score (nSPS) is 28.8. The van der Waals surface area contributed by atoms with E-state index in [0.29, 0.717) is 12.0 Å². The molecule has 2 atom stereocenters. The number of piperidine rings is 1. The molecule has 1 aliphatic carbocycles. The van der Waals surface area contributed by atoms with Gasteiger partial charge in [0, 0.05) is 25.0 Å². The van der Waals surface area contributed by atoms with Crippen molar-refractivity contribution in [3.8, 4) is 0 Å². The lowest BCUT2D eigenvalue weighted by molar-refractivity contribution is -0.0304. The van der Waals surface area contributed by atoms with Gasteiger partial charge >= 0.3 is 0 Å². The Kier molecular flexibility index (Phi) is 3.45. The zero-order valence-corrected chi connectivity index (χ0v) is 13.9. The van der Waals surface area contributed by atoms with E-state index in [1.807, 2.05) is 16.6 Å². The quantitative estimate of drug-likeness (QED) is 0.908. The van der Waals surface area contributed by atoms with E-state index in [2.05, 4.69) is 20.0 Å². The molecule has 128 valence electrons. The van der Waals surface area contributed by atoms with Crippen molar-refractivity contribution in [1.29, 1.82) is 0 Å². The first-order valence-electron chi connectivity index (χ1n) is 9.19. The average Bonchev–Trinajstić information content (AvgIpc) is 2.96. The highest BCUT2D eigenvalue weighted by Crippen LogP contribution is 2.33. The number of nitrogens with zero attached hydrogens (tertiary/aromatic N) is 6. The second kappa shape index (κ2) is 5.67. The molecular formula is C17H24N6O. The zero-order chi connectivity index (χ0) is 16.1.